The summed E-state index contributed by atoms with van der Waals surface area (Å²) < 4.78 is 13.7. The van der Waals surface area contributed by atoms with E-state index in [1.165, 1.54) is 0 Å². The summed E-state index contributed by atoms with van der Waals surface area (Å²) >= 11 is 0. The van der Waals surface area contributed by atoms with Crippen molar-refractivity contribution < 1.29 is 19.4 Å². The second-order valence-corrected chi connectivity index (χ2v) is 7.83. The molecule has 2 aromatic heterocycles. The highest BCUT2D eigenvalue weighted by Crippen LogP contribution is 2.32. The molecular formula is C26H23N3O4. The van der Waals surface area contributed by atoms with Crippen molar-refractivity contribution in [2.24, 2.45) is 0 Å². The molecule has 7 heteroatoms. The van der Waals surface area contributed by atoms with E-state index in [1.807, 2.05) is 71.6 Å². The molecule has 7 nitrogen and oxygen atoms in total. The van der Waals surface area contributed by atoms with Crippen LogP contribution in [0.3, 0.4) is 0 Å². The summed E-state index contributed by atoms with van der Waals surface area (Å²) in [4.78, 5) is 17.9. The Kier molecular flexibility index (Phi) is 5.68. The maximum atomic E-state index is 11.8. The number of ether oxygens (including phenoxy) is 2. The summed E-state index contributed by atoms with van der Waals surface area (Å²) in [5.41, 5.74) is 2.88. The van der Waals surface area contributed by atoms with E-state index in [1.54, 1.807) is 24.5 Å². The molecule has 0 radical (unpaired) electrons. The minimum absolute atomic E-state index is 0.0370. The molecule has 0 unspecified atom stereocenters. The Morgan fingerprint density at radius 3 is 2.36 bits per heavy atom. The normalized spacial score (nSPS) is 13.4. The largest absolute Gasteiger partial charge is 0.489 e. The standard InChI is InChI=1S/C26H23N3O4/c30-26(31)23-4-3-5-24(25(23)28-14-1-2-15-28)29-16-22(17-29)33-21-8-6-19(7-9-21)18-32-20-10-12-27-13-11-20/h1-15,22H,16-18H2,(H,30,31). The van der Waals surface area contributed by atoms with Gasteiger partial charge in [0.15, 0.2) is 0 Å². The number of carboxylic acids is 1. The summed E-state index contributed by atoms with van der Waals surface area (Å²) in [5.74, 6) is 0.644. The van der Waals surface area contributed by atoms with E-state index >= 15 is 0 Å². The van der Waals surface area contributed by atoms with Gasteiger partial charge in [0.05, 0.1) is 30.0 Å². The first kappa shape index (κ1) is 20.6. The van der Waals surface area contributed by atoms with Crippen molar-refractivity contribution in [1.82, 2.24) is 9.55 Å². The van der Waals surface area contributed by atoms with Crippen LogP contribution in [0.25, 0.3) is 5.69 Å². The SMILES string of the molecule is O=C(O)c1cccc(N2CC(Oc3ccc(COc4ccncc4)cc3)C2)c1-n1cccc1. The first-order valence-corrected chi connectivity index (χ1v) is 10.7. The van der Waals surface area contributed by atoms with Crippen LogP contribution in [-0.4, -0.2) is 39.8 Å². The summed E-state index contributed by atoms with van der Waals surface area (Å²) in [6, 6.07) is 20.7. The Morgan fingerprint density at radius 2 is 1.67 bits per heavy atom. The van der Waals surface area contributed by atoms with Gasteiger partial charge in [-0.3, -0.25) is 4.98 Å². The maximum absolute atomic E-state index is 11.8. The molecule has 0 amide bonds. The third-order valence-corrected chi connectivity index (χ3v) is 5.58. The fraction of sp³-hybridized carbons (Fsp3) is 0.154. The highest BCUT2D eigenvalue weighted by molar-refractivity contribution is 5.95. The Bertz CT molecular complexity index is 1220. The van der Waals surface area contributed by atoms with E-state index in [9.17, 15) is 9.90 Å². The van der Waals surface area contributed by atoms with Crippen LogP contribution in [0.5, 0.6) is 11.5 Å². The average molecular weight is 441 g/mol. The molecule has 5 rings (SSSR count). The molecule has 1 aliphatic heterocycles. The van der Waals surface area contributed by atoms with Crippen molar-refractivity contribution >= 4 is 11.7 Å². The van der Waals surface area contributed by atoms with Crippen LogP contribution in [0, 0.1) is 0 Å². The fourth-order valence-electron chi connectivity index (χ4n) is 3.88. The summed E-state index contributed by atoms with van der Waals surface area (Å²) in [6.07, 6.45) is 7.16. The van der Waals surface area contributed by atoms with E-state index in [0.717, 1.165) is 22.7 Å². The van der Waals surface area contributed by atoms with Crippen molar-refractivity contribution in [3.05, 3.63) is 103 Å². The van der Waals surface area contributed by atoms with Crippen LogP contribution >= 0.6 is 0 Å². The van der Waals surface area contributed by atoms with Crippen molar-refractivity contribution in [2.75, 3.05) is 18.0 Å². The topological polar surface area (TPSA) is 76.8 Å². The van der Waals surface area contributed by atoms with Gasteiger partial charge in [0, 0.05) is 24.8 Å². The number of anilines is 1. The van der Waals surface area contributed by atoms with Gasteiger partial charge in [0.25, 0.3) is 0 Å². The van der Waals surface area contributed by atoms with Crippen molar-refractivity contribution in [2.45, 2.75) is 12.7 Å². The van der Waals surface area contributed by atoms with Crippen LogP contribution in [0.4, 0.5) is 5.69 Å². The van der Waals surface area contributed by atoms with E-state index in [2.05, 4.69) is 9.88 Å². The van der Waals surface area contributed by atoms with Gasteiger partial charge in [-0.15, -0.1) is 0 Å². The van der Waals surface area contributed by atoms with Gasteiger partial charge in [0.2, 0.25) is 0 Å². The highest BCUT2D eigenvalue weighted by Gasteiger charge is 2.31. The lowest BCUT2D eigenvalue weighted by Gasteiger charge is -2.41. The number of aromatic nitrogens is 2. The highest BCUT2D eigenvalue weighted by atomic mass is 16.5. The molecule has 1 aliphatic rings. The lowest BCUT2D eigenvalue weighted by Crippen LogP contribution is -2.54. The third-order valence-electron chi connectivity index (χ3n) is 5.58. The number of carboxylic acid groups (broad SMARTS) is 1. The first-order valence-electron chi connectivity index (χ1n) is 10.7. The zero-order valence-electron chi connectivity index (χ0n) is 17.9. The predicted molar refractivity (Wildman–Crippen MR) is 124 cm³/mol. The van der Waals surface area contributed by atoms with Crippen LogP contribution in [0.1, 0.15) is 15.9 Å². The number of benzene rings is 2. The van der Waals surface area contributed by atoms with Crippen molar-refractivity contribution in [3.8, 4) is 17.2 Å². The Hall–Kier alpha value is -4.26. The van der Waals surface area contributed by atoms with E-state index in [4.69, 9.17) is 9.47 Å². The van der Waals surface area contributed by atoms with Crippen molar-refractivity contribution in [3.63, 3.8) is 0 Å². The van der Waals surface area contributed by atoms with Crippen LogP contribution in [-0.2, 0) is 6.61 Å². The lowest BCUT2D eigenvalue weighted by atomic mass is 10.1. The smallest absolute Gasteiger partial charge is 0.337 e. The molecule has 1 fully saturated rings. The molecule has 166 valence electrons. The number of pyridine rings is 1. The molecular weight excluding hydrogens is 418 g/mol. The molecule has 0 aliphatic carbocycles. The predicted octanol–water partition coefficient (Wildman–Crippen LogP) is 4.42. The zero-order chi connectivity index (χ0) is 22.6. The van der Waals surface area contributed by atoms with Gasteiger partial charge in [-0.2, -0.15) is 0 Å². The molecule has 0 saturated carbocycles. The monoisotopic (exact) mass is 441 g/mol. The molecule has 33 heavy (non-hydrogen) atoms. The molecule has 1 saturated heterocycles. The van der Waals surface area contributed by atoms with Crippen LogP contribution in [0.2, 0.25) is 0 Å². The van der Waals surface area contributed by atoms with E-state index in [-0.39, 0.29) is 11.7 Å². The maximum Gasteiger partial charge on any atom is 0.337 e. The molecule has 0 spiro atoms. The third kappa shape index (κ3) is 4.52. The van der Waals surface area contributed by atoms with Gasteiger partial charge in [-0.1, -0.05) is 18.2 Å². The zero-order valence-corrected chi connectivity index (χ0v) is 17.9. The van der Waals surface area contributed by atoms with Gasteiger partial charge >= 0.3 is 5.97 Å². The fourth-order valence-corrected chi connectivity index (χ4v) is 3.88. The second-order valence-electron chi connectivity index (χ2n) is 7.83. The number of hydrogen-bond acceptors (Lipinski definition) is 5. The number of carbonyl (C=O) groups is 1. The Morgan fingerprint density at radius 1 is 0.939 bits per heavy atom. The minimum Gasteiger partial charge on any atom is -0.489 e. The first-order chi connectivity index (χ1) is 16.2. The molecule has 0 atom stereocenters. The molecule has 1 N–H and O–H groups in total. The Labute approximate surface area is 191 Å². The van der Waals surface area contributed by atoms with Gasteiger partial charge in [-0.25, -0.2) is 4.79 Å². The van der Waals surface area contributed by atoms with Crippen LogP contribution in [0.15, 0.2) is 91.5 Å². The number of rotatable bonds is 8. The van der Waals surface area contributed by atoms with E-state index in [0.29, 0.717) is 25.4 Å². The number of nitrogens with zero attached hydrogens (tertiary/aromatic N) is 3. The summed E-state index contributed by atoms with van der Waals surface area (Å²) in [5, 5.41) is 9.67. The van der Waals surface area contributed by atoms with Crippen LogP contribution < -0.4 is 14.4 Å². The average Bonchev–Trinajstić information content (AvgIpc) is 3.35. The Balaban J connectivity index is 1.21. The summed E-state index contributed by atoms with van der Waals surface area (Å²) in [6.45, 7) is 1.85. The lowest BCUT2D eigenvalue weighted by molar-refractivity contribution is 0.0697. The number of para-hydroxylation sites is 1. The van der Waals surface area contributed by atoms with Gasteiger partial charge in [-0.05, 0) is 54.1 Å². The molecule has 2 aromatic carbocycles. The van der Waals surface area contributed by atoms with Gasteiger partial charge < -0.3 is 24.0 Å². The minimum atomic E-state index is -0.943. The second kappa shape index (κ2) is 9.08. The summed E-state index contributed by atoms with van der Waals surface area (Å²) in [7, 11) is 0. The molecule has 0 bridgehead atoms. The van der Waals surface area contributed by atoms with Gasteiger partial charge in [0.1, 0.15) is 24.2 Å². The number of aromatic carboxylic acids is 1. The number of hydrogen-bond donors (Lipinski definition) is 1. The quantitative estimate of drug-likeness (QED) is 0.436. The molecule has 3 heterocycles. The molecule has 4 aromatic rings. The van der Waals surface area contributed by atoms with Crippen molar-refractivity contribution in [1.29, 1.82) is 0 Å². The van der Waals surface area contributed by atoms with E-state index < -0.39 is 5.97 Å².